The lowest BCUT2D eigenvalue weighted by molar-refractivity contribution is 0.190. The average Bonchev–Trinajstić information content (AvgIpc) is 2.30. The normalized spacial score (nSPS) is 13.6. The van der Waals surface area contributed by atoms with E-state index >= 15 is 0 Å². The van der Waals surface area contributed by atoms with Crippen LogP contribution in [0.3, 0.4) is 0 Å². The van der Waals surface area contributed by atoms with Crippen molar-refractivity contribution in [2.24, 2.45) is 0 Å². The number of rotatable bonds is 6. The zero-order valence-electron chi connectivity index (χ0n) is 9.73. The summed E-state index contributed by atoms with van der Waals surface area (Å²) in [5.41, 5.74) is 0.290. The summed E-state index contributed by atoms with van der Waals surface area (Å²) >= 11 is 3.25. The maximum Gasteiger partial charge on any atom is 0.369 e. The minimum absolute atomic E-state index is 0.147. The lowest BCUT2D eigenvalue weighted by Crippen LogP contribution is -2.02. The largest absolute Gasteiger partial charge is 0.369 e. The number of hydrogen-bond donors (Lipinski definition) is 0. The van der Waals surface area contributed by atoms with Gasteiger partial charge in [0.2, 0.25) is 5.91 Å². The van der Waals surface area contributed by atoms with Gasteiger partial charge >= 0.3 is 7.60 Å². The third kappa shape index (κ3) is 3.88. The Labute approximate surface area is 109 Å². The Hall–Kier alpha value is -0.220. The molecule has 3 nitrogen and oxygen atoms in total. The smallest absolute Gasteiger partial charge is 0.307 e. The van der Waals surface area contributed by atoms with Gasteiger partial charge in [-0.1, -0.05) is 28.1 Å². The molecule has 0 saturated carbocycles. The minimum Gasteiger partial charge on any atom is -0.307 e. The highest BCUT2D eigenvalue weighted by atomic mass is 79.9. The molecule has 1 atom stereocenters. The van der Waals surface area contributed by atoms with E-state index in [4.69, 9.17) is 9.05 Å². The van der Waals surface area contributed by atoms with Gasteiger partial charge in [-0.3, -0.25) is 4.57 Å². The first-order valence-corrected chi connectivity index (χ1v) is 7.72. The summed E-state index contributed by atoms with van der Waals surface area (Å²) in [6.45, 7) is 3.60. The summed E-state index contributed by atoms with van der Waals surface area (Å²) in [7, 11) is -3.73. The fourth-order valence-electron chi connectivity index (χ4n) is 1.33. The maximum atomic E-state index is 14.2. The molecular weight excluding hydrogens is 310 g/mol. The lowest BCUT2D eigenvalue weighted by Gasteiger charge is -2.20. The van der Waals surface area contributed by atoms with Crippen molar-refractivity contribution in [2.45, 2.75) is 19.8 Å². The van der Waals surface area contributed by atoms with Crippen LogP contribution < -0.4 is 0 Å². The number of halogens is 2. The zero-order chi connectivity index (χ0) is 12.9. The minimum atomic E-state index is -3.73. The molecule has 17 heavy (non-hydrogen) atoms. The molecule has 1 rings (SSSR count). The molecule has 0 amide bonds. The van der Waals surface area contributed by atoms with E-state index in [0.717, 1.165) is 4.47 Å². The van der Waals surface area contributed by atoms with Gasteiger partial charge in [-0.05, 0) is 31.5 Å². The highest BCUT2D eigenvalue weighted by Gasteiger charge is 2.37. The standard InChI is InChI=1S/C11H15BrFO3P/c1-3-15-17(14,16-4-2)11(13)9-5-7-10(12)8-6-9/h5-8,11H,3-4H2,1-2H3/t11-/m1/s1. The predicted molar refractivity (Wildman–Crippen MR) is 68.8 cm³/mol. The second-order valence-electron chi connectivity index (χ2n) is 3.26. The van der Waals surface area contributed by atoms with Crippen LogP contribution in [0.2, 0.25) is 0 Å². The summed E-state index contributed by atoms with van der Waals surface area (Å²) < 4.78 is 37.1. The SMILES string of the molecule is CCOP(=O)(OCC)[C@@H](F)c1ccc(Br)cc1. The fraction of sp³-hybridized carbons (Fsp3) is 0.455. The summed E-state index contributed by atoms with van der Waals surface area (Å²) in [5.74, 6) is -1.75. The Morgan fingerprint density at radius 2 is 1.71 bits per heavy atom. The summed E-state index contributed by atoms with van der Waals surface area (Å²) in [6, 6.07) is 6.48. The van der Waals surface area contributed by atoms with Crippen molar-refractivity contribution in [1.29, 1.82) is 0 Å². The Balaban J connectivity index is 2.95. The molecule has 1 aromatic rings. The van der Waals surface area contributed by atoms with Crippen LogP contribution in [0, 0.1) is 0 Å². The van der Waals surface area contributed by atoms with Crippen molar-refractivity contribution in [1.82, 2.24) is 0 Å². The quantitative estimate of drug-likeness (QED) is 0.712. The average molecular weight is 325 g/mol. The summed E-state index contributed by atoms with van der Waals surface area (Å²) in [6.07, 6.45) is 0. The number of hydrogen-bond acceptors (Lipinski definition) is 3. The Morgan fingerprint density at radius 1 is 1.24 bits per heavy atom. The maximum absolute atomic E-state index is 14.2. The molecule has 0 unspecified atom stereocenters. The van der Waals surface area contributed by atoms with E-state index in [-0.39, 0.29) is 13.2 Å². The van der Waals surface area contributed by atoms with Gasteiger partial charge in [0.15, 0.2) is 0 Å². The van der Waals surface area contributed by atoms with Crippen molar-refractivity contribution in [3.63, 3.8) is 0 Å². The molecule has 1 aromatic carbocycles. The van der Waals surface area contributed by atoms with Crippen LogP contribution in [0.15, 0.2) is 28.7 Å². The van der Waals surface area contributed by atoms with Gasteiger partial charge in [0.05, 0.1) is 13.2 Å². The molecular formula is C11H15BrFO3P. The molecule has 0 aliphatic rings. The van der Waals surface area contributed by atoms with Crippen LogP contribution >= 0.6 is 23.5 Å². The predicted octanol–water partition coefficient (Wildman–Crippen LogP) is 4.68. The van der Waals surface area contributed by atoms with Crippen LogP contribution in [0.1, 0.15) is 25.3 Å². The van der Waals surface area contributed by atoms with Crippen molar-refractivity contribution in [3.8, 4) is 0 Å². The van der Waals surface area contributed by atoms with Gasteiger partial charge < -0.3 is 9.05 Å². The highest BCUT2D eigenvalue weighted by molar-refractivity contribution is 9.10. The molecule has 0 saturated heterocycles. The molecule has 0 fully saturated rings. The molecule has 0 aliphatic carbocycles. The van der Waals surface area contributed by atoms with Gasteiger partial charge in [-0.15, -0.1) is 0 Å². The monoisotopic (exact) mass is 324 g/mol. The third-order valence-corrected chi connectivity index (χ3v) is 4.66. The van der Waals surface area contributed by atoms with Gasteiger partial charge in [0, 0.05) is 4.47 Å². The second kappa shape index (κ2) is 6.64. The molecule has 0 N–H and O–H groups in total. The van der Waals surface area contributed by atoms with Crippen LogP contribution in [0.4, 0.5) is 4.39 Å². The van der Waals surface area contributed by atoms with E-state index in [1.54, 1.807) is 38.1 Å². The first-order valence-electron chi connectivity index (χ1n) is 5.31. The first-order chi connectivity index (χ1) is 8.03. The van der Waals surface area contributed by atoms with Crippen LogP contribution in [-0.2, 0) is 13.6 Å². The van der Waals surface area contributed by atoms with Crippen molar-refractivity contribution in [3.05, 3.63) is 34.3 Å². The molecule has 0 spiro atoms. The van der Waals surface area contributed by atoms with E-state index in [2.05, 4.69) is 15.9 Å². The van der Waals surface area contributed by atoms with Crippen LogP contribution in [0.5, 0.6) is 0 Å². The molecule has 96 valence electrons. The van der Waals surface area contributed by atoms with E-state index in [0.29, 0.717) is 5.56 Å². The number of alkyl halides is 1. The first kappa shape index (κ1) is 14.8. The lowest BCUT2D eigenvalue weighted by atomic mass is 10.2. The zero-order valence-corrected chi connectivity index (χ0v) is 12.2. The van der Waals surface area contributed by atoms with E-state index in [1.165, 1.54) is 0 Å². The van der Waals surface area contributed by atoms with E-state index < -0.39 is 13.5 Å². The van der Waals surface area contributed by atoms with Gasteiger partial charge in [-0.2, -0.15) is 0 Å². The Morgan fingerprint density at radius 3 is 2.12 bits per heavy atom. The third-order valence-electron chi connectivity index (χ3n) is 2.04. The van der Waals surface area contributed by atoms with E-state index in [9.17, 15) is 8.96 Å². The van der Waals surface area contributed by atoms with Gasteiger partial charge in [0.1, 0.15) is 0 Å². The van der Waals surface area contributed by atoms with E-state index in [1.807, 2.05) is 0 Å². The molecule has 0 aromatic heterocycles. The number of benzene rings is 1. The Kier molecular flexibility index (Phi) is 5.80. The second-order valence-corrected chi connectivity index (χ2v) is 6.23. The highest BCUT2D eigenvalue weighted by Crippen LogP contribution is 2.61. The topological polar surface area (TPSA) is 35.5 Å². The summed E-state index contributed by atoms with van der Waals surface area (Å²) in [4.78, 5) is 0. The van der Waals surface area contributed by atoms with Crippen LogP contribution in [0.25, 0.3) is 0 Å². The van der Waals surface area contributed by atoms with Gasteiger partial charge in [0.25, 0.3) is 0 Å². The molecule has 0 bridgehead atoms. The fourth-order valence-corrected chi connectivity index (χ4v) is 3.19. The molecule has 0 radical (unpaired) electrons. The Bertz CT molecular complexity index is 386. The van der Waals surface area contributed by atoms with Crippen molar-refractivity contribution >= 4 is 23.5 Å². The van der Waals surface area contributed by atoms with Crippen molar-refractivity contribution in [2.75, 3.05) is 13.2 Å². The van der Waals surface area contributed by atoms with Crippen LogP contribution in [-0.4, -0.2) is 13.2 Å². The van der Waals surface area contributed by atoms with Crippen molar-refractivity contribution < 1.29 is 18.0 Å². The molecule has 0 aliphatic heterocycles. The molecule has 0 heterocycles. The summed E-state index contributed by atoms with van der Waals surface area (Å²) in [5, 5.41) is 0. The molecule has 6 heteroatoms. The van der Waals surface area contributed by atoms with Gasteiger partial charge in [-0.25, -0.2) is 4.39 Å².